The Bertz CT molecular complexity index is 358. The highest BCUT2D eigenvalue weighted by molar-refractivity contribution is 7.99. The van der Waals surface area contributed by atoms with Crippen molar-refractivity contribution in [1.29, 1.82) is 0 Å². The molecule has 1 aromatic heterocycles. The van der Waals surface area contributed by atoms with Crippen LogP contribution >= 0.6 is 23.1 Å². The molecule has 1 saturated carbocycles. The molecule has 1 atom stereocenters. The number of rotatable bonds is 8. The van der Waals surface area contributed by atoms with Crippen molar-refractivity contribution >= 4 is 23.1 Å². The molecule has 2 nitrogen and oxygen atoms in total. The van der Waals surface area contributed by atoms with Gasteiger partial charge in [-0.2, -0.15) is 11.8 Å². The number of thioether (sulfide) groups is 1. The normalized spacial score (nSPS) is 17.3. The molecule has 1 aliphatic carbocycles. The van der Waals surface area contributed by atoms with Gasteiger partial charge in [0.05, 0.1) is 11.7 Å². The number of nitrogens with one attached hydrogen (secondary N) is 1. The fraction of sp³-hybridized carbons (Fsp3) is 0.786. The molecule has 1 aromatic rings. The monoisotopic (exact) mass is 284 g/mol. The zero-order valence-corrected chi connectivity index (χ0v) is 13.2. The lowest BCUT2D eigenvalue weighted by molar-refractivity contribution is 0.515. The summed E-state index contributed by atoms with van der Waals surface area (Å²) in [4.78, 5) is 4.82. The molecule has 0 aromatic carbocycles. The summed E-state index contributed by atoms with van der Waals surface area (Å²) in [6, 6.07) is 1.24. The molecule has 2 rings (SSSR count). The summed E-state index contributed by atoms with van der Waals surface area (Å²) in [6.07, 6.45) is 3.90. The topological polar surface area (TPSA) is 24.9 Å². The first-order chi connectivity index (χ1) is 8.70. The highest BCUT2D eigenvalue weighted by Crippen LogP contribution is 2.30. The van der Waals surface area contributed by atoms with E-state index in [-0.39, 0.29) is 0 Å². The molecule has 1 aliphatic rings. The molecule has 0 saturated heterocycles. The maximum Gasteiger partial charge on any atom is 0.110 e. The molecule has 18 heavy (non-hydrogen) atoms. The van der Waals surface area contributed by atoms with Crippen LogP contribution in [0.25, 0.3) is 0 Å². The van der Waals surface area contributed by atoms with E-state index in [2.05, 4.69) is 31.5 Å². The molecule has 1 fully saturated rings. The van der Waals surface area contributed by atoms with Gasteiger partial charge in [0.1, 0.15) is 5.01 Å². The fourth-order valence-electron chi connectivity index (χ4n) is 1.88. The van der Waals surface area contributed by atoms with Gasteiger partial charge in [-0.3, -0.25) is 0 Å². The van der Waals surface area contributed by atoms with Crippen LogP contribution in [0.1, 0.15) is 62.7 Å². The van der Waals surface area contributed by atoms with Crippen LogP contribution in [0.4, 0.5) is 0 Å². The summed E-state index contributed by atoms with van der Waals surface area (Å²) in [7, 11) is 0. The van der Waals surface area contributed by atoms with Crippen LogP contribution in [0.3, 0.4) is 0 Å². The Balaban J connectivity index is 1.96. The van der Waals surface area contributed by atoms with Gasteiger partial charge in [0.25, 0.3) is 0 Å². The smallest absolute Gasteiger partial charge is 0.110 e. The van der Waals surface area contributed by atoms with Crippen molar-refractivity contribution < 1.29 is 0 Å². The molecule has 1 heterocycles. The van der Waals surface area contributed by atoms with Gasteiger partial charge in [-0.15, -0.1) is 11.3 Å². The lowest BCUT2D eigenvalue weighted by Crippen LogP contribution is -2.24. The summed E-state index contributed by atoms with van der Waals surface area (Å²) in [6.45, 7) is 6.67. The lowest BCUT2D eigenvalue weighted by Gasteiger charge is -2.15. The summed E-state index contributed by atoms with van der Waals surface area (Å²) in [5.74, 6) is 2.99. The van der Waals surface area contributed by atoms with E-state index in [0.29, 0.717) is 12.0 Å². The number of aromatic nitrogens is 1. The van der Waals surface area contributed by atoms with Crippen LogP contribution in [-0.4, -0.2) is 22.5 Å². The van der Waals surface area contributed by atoms with E-state index >= 15 is 0 Å². The van der Waals surface area contributed by atoms with Gasteiger partial charge in [-0.1, -0.05) is 20.8 Å². The second-order valence-electron chi connectivity index (χ2n) is 5.24. The molecule has 1 unspecified atom stereocenters. The van der Waals surface area contributed by atoms with E-state index < -0.39 is 0 Å². The third-order valence-electron chi connectivity index (χ3n) is 3.20. The third kappa shape index (κ3) is 4.25. The van der Waals surface area contributed by atoms with Crippen LogP contribution in [0.5, 0.6) is 0 Å². The average Bonchev–Trinajstić information content (AvgIpc) is 3.02. The molecular weight excluding hydrogens is 260 g/mol. The van der Waals surface area contributed by atoms with E-state index in [1.807, 2.05) is 23.1 Å². The Labute approximate surface area is 119 Å². The predicted octanol–water partition coefficient (Wildman–Crippen LogP) is 4.20. The Morgan fingerprint density at radius 2 is 2.28 bits per heavy atom. The zero-order chi connectivity index (χ0) is 13.0. The molecule has 102 valence electrons. The van der Waals surface area contributed by atoms with Gasteiger partial charge in [0, 0.05) is 11.4 Å². The van der Waals surface area contributed by atoms with Gasteiger partial charge < -0.3 is 5.32 Å². The predicted molar refractivity (Wildman–Crippen MR) is 82.7 cm³/mol. The minimum absolute atomic E-state index is 0.481. The van der Waals surface area contributed by atoms with E-state index in [1.54, 1.807) is 0 Å². The maximum absolute atomic E-state index is 4.82. The van der Waals surface area contributed by atoms with E-state index in [4.69, 9.17) is 4.98 Å². The number of hydrogen-bond donors (Lipinski definition) is 1. The quantitative estimate of drug-likeness (QED) is 0.724. The Hall–Kier alpha value is -0.0600. The van der Waals surface area contributed by atoms with Gasteiger partial charge in [0.2, 0.25) is 0 Å². The van der Waals surface area contributed by atoms with Crippen LogP contribution in [0, 0.1) is 0 Å². The minimum atomic E-state index is 0.481. The average molecular weight is 284 g/mol. The molecule has 1 N–H and O–H groups in total. The molecule has 0 spiro atoms. The van der Waals surface area contributed by atoms with E-state index in [1.165, 1.54) is 41.5 Å². The van der Waals surface area contributed by atoms with Crippen LogP contribution in [0.2, 0.25) is 0 Å². The third-order valence-corrected chi connectivity index (χ3v) is 5.11. The second-order valence-corrected chi connectivity index (χ2v) is 7.53. The SMILES string of the molecule is CCSCCC(NC1CC1)c1nc(C(C)C)cs1. The summed E-state index contributed by atoms with van der Waals surface area (Å²) >= 11 is 3.86. The van der Waals surface area contributed by atoms with Crippen molar-refractivity contribution in [2.45, 2.75) is 58.0 Å². The number of thiazole rings is 1. The van der Waals surface area contributed by atoms with Crippen molar-refractivity contribution in [3.8, 4) is 0 Å². The lowest BCUT2D eigenvalue weighted by atomic mass is 10.1. The molecule has 0 radical (unpaired) electrons. The Morgan fingerprint density at radius 3 is 2.83 bits per heavy atom. The van der Waals surface area contributed by atoms with Crippen molar-refractivity contribution in [3.63, 3.8) is 0 Å². The molecule has 0 aliphatic heterocycles. The minimum Gasteiger partial charge on any atom is -0.305 e. The van der Waals surface area contributed by atoms with Crippen LogP contribution in [-0.2, 0) is 0 Å². The first-order valence-corrected chi connectivity index (χ1v) is 9.03. The van der Waals surface area contributed by atoms with Gasteiger partial charge in [-0.25, -0.2) is 4.98 Å². The molecule has 0 bridgehead atoms. The molecular formula is C14H24N2S2. The Kier molecular flexibility index (Phi) is 5.52. The zero-order valence-electron chi connectivity index (χ0n) is 11.6. The molecule has 4 heteroatoms. The number of nitrogens with zero attached hydrogens (tertiary/aromatic N) is 1. The number of hydrogen-bond acceptors (Lipinski definition) is 4. The van der Waals surface area contributed by atoms with Crippen molar-refractivity contribution in [3.05, 3.63) is 16.1 Å². The van der Waals surface area contributed by atoms with E-state index in [9.17, 15) is 0 Å². The van der Waals surface area contributed by atoms with Crippen molar-refractivity contribution in [2.75, 3.05) is 11.5 Å². The van der Waals surface area contributed by atoms with Crippen LogP contribution < -0.4 is 5.32 Å². The summed E-state index contributed by atoms with van der Waals surface area (Å²) in [5, 5.41) is 7.28. The second kappa shape index (κ2) is 6.92. The van der Waals surface area contributed by atoms with Crippen molar-refractivity contribution in [1.82, 2.24) is 10.3 Å². The highest BCUT2D eigenvalue weighted by Gasteiger charge is 2.26. The highest BCUT2D eigenvalue weighted by atomic mass is 32.2. The Morgan fingerprint density at radius 1 is 1.50 bits per heavy atom. The van der Waals surface area contributed by atoms with E-state index in [0.717, 1.165) is 6.04 Å². The van der Waals surface area contributed by atoms with Gasteiger partial charge in [-0.05, 0) is 36.7 Å². The van der Waals surface area contributed by atoms with Crippen molar-refractivity contribution in [2.24, 2.45) is 0 Å². The summed E-state index contributed by atoms with van der Waals surface area (Å²) in [5.41, 5.74) is 1.25. The molecule has 0 amide bonds. The fourth-order valence-corrected chi connectivity index (χ4v) is 3.65. The standard InChI is InChI=1S/C14H24N2S2/c1-4-17-8-7-12(15-11-5-6-11)14-16-13(9-18-14)10(2)3/h9-12,15H,4-8H2,1-3H3. The van der Waals surface area contributed by atoms with Gasteiger partial charge >= 0.3 is 0 Å². The largest absolute Gasteiger partial charge is 0.305 e. The van der Waals surface area contributed by atoms with Gasteiger partial charge in [0.15, 0.2) is 0 Å². The van der Waals surface area contributed by atoms with Crippen LogP contribution in [0.15, 0.2) is 5.38 Å². The summed E-state index contributed by atoms with van der Waals surface area (Å²) < 4.78 is 0. The first kappa shape index (κ1) is 14.4. The first-order valence-electron chi connectivity index (χ1n) is 6.99. The maximum atomic E-state index is 4.82.